The van der Waals surface area contributed by atoms with Crippen molar-refractivity contribution in [2.45, 2.75) is 19.4 Å². The predicted octanol–water partition coefficient (Wildman–Crippen LogP) is 2.08. The molecule has 0 saturated heterocycles. The summed E-state index contributed by atoms with van der Waals surface area (Å²) >= 11 is 11.9. The fourth-order valence-electron chi connectivity index (χ4n) is 2.87. The number of carbonyl (C=O) groups is 2. The first-order chi connectivity index (χ1) is 15.2. The van der Waals surface area contributed by atoms with Crippen molar-refractivity contribution in [3.05, 3.63) is 81.1 Å². The van der Waals surface area contributed by atoms with Crippen LogP contribution in [0.4, 0.5) is 0 Å². The zero-order valence-corrected chi connectivity index (χ0v) is 19.3. The van der Waals surface area contributed by atoms with Crippen LogP contribution < -0.4 is 27.9 Å². The third-order valence-electron chi connectivity index (χ3n) is 4.73. The summed E-state index contributed by atoms with van der Waals surface area (Å²) in [6, 6.07) is 12.1. The van der Waals surface area contributed by atoms with Crippen molar-refractivity contribution in [3.8, 4) is 0 Å². The number of hydrogen-bond donors (Lipinski definition) is 5. The van der Waals surface area contributed by atoms with Crippen LogP contribution in [-0.2, 0) is 11.2 Å². The number of amides is 2. The summed E-state index contributed by atoms with van der Waals surface area (Å²) in [7, 11) is 0. The molecule has 0 fully saturated rings. The van der Waals surface area contributed by atoms with Gasteiger partial charge in [-0.15, -0.1) is 0 Å². The molecule has 0 aliphatic heterocycles. The van der Waals surface area contributed by atoms with Crippen molar-refractivity contribution in [2.75, 3.05) is 19.6 Å². The van der Waals surface area contributed by atoms with Gasteiger partial charge in [-0.3, -0.25) is 9.59 Å². The number of benzene rings is 2. The summed E-state index contributed by atoms with van der Waals surface area (Å²) in [6.07, 6.45) is 2.22. The van der Waals surface area contributed by atoms with E-state index in [1.807, 2.05) is 24.3 Å². The lowest BCUT2D eigenvalue weighted by Gasteiger charge is -2.19. The molecule has 10 heteroatoms. The van der Waals surface area contributed by atoms with Gasteiger partial charge in [0.1, 0.15) is 5.70 Å². The lowest BCUT2D eigenvalue weighted by atomic mass is 10.0. The monoisotopic (exact) mass is 478 g/mol. The van der Waals surface area contributed by atoms with E-state index in [4.69, 9.17) is 40.5 Å². The second kappa shape index (κ2) is 12.3. The Morgan fingerprint density at radius 2 is 1.84 bits per heavy atom. The van der Waals surface area contributed by atoms with E-state index in [9.17, 15) is 9.59 Å². The minimum atomic E-state index is -0.495. The molecule has 2 amide bonds. The van der Waals surface area contributed by atoms with Crippen molar-refractivity contribution in [2.24, 2.45) is 17.3 Å². The third-order valence-corrected chi connectivity index (χ3v) is 5.29. The standard InChI is InChI=1S/C22H28Cl2N6O2/c1-2-14-3-5-15(6-4-14)20(12-25)29-22(32)19(26)13-30(27)10-9-28-21(31)17-11-16(23)7-8-18(17)24/h3-8,11,13,20H,2,9-10,12,25-27H2,1H3,(H,28,31)(H,29,32)/b19-13-. The predicted molar refractivity (Wildman–Crippen MR) is 128 cm³/mol. The Labute approximate surface area is 197 Å². The average Bonchev–Trinajstić information content (AvgIpc) is 2.78. The highest BCUT2D eigenvalue weighted by Crippen LogP contribution is 2.20. The second-order valence-electron chi connectivity index (χ2n) is 7.06. The molecule has 0 heterocycles. The van der Waals surface area contributed by atoms with Crippen LogP contribution in [0.25, 0.3) is 0 Å². The minimum absolute atomic E-state index is 0.0830. The Morgan fingerprint density at radius 3 is 2.47 bits per heavy atom. The zero-order valence-electron chi connectivity index (χ0n) is 17.8. The molecular weight excluding hydrogens is 451 g/mol. The first-order valence-electron chi connectivity index (χ1n) is 10.1. The first-order valence-corrected chi connectivity index (χ1v) is 10.8. The highest BCUT2D eigenvalue weighted by atomic mass is 35.5. The van der Waals surface area contributed by atoms with Gasteiger partial charge >= 0.3 is 0 Å². The molecule has 8 nitrogen and oxygen atoms in total. The van der Waals surface area contributed by atoms with Gasteiger partial charge in [0.25, 0.3) is 11.8 Å². The van der Waals surface area contributed by atoms with E-state index in [-0.39, 0.29) is 47.9 Å². The average molecular weight is 479 g/mol. The van der Waals surface area contributed by atoms with Gasteiger partial charge < -0.3 is 27.1 Å². The lowest BCUT2D eigenvalue weighted by Crippen LogP contribution is -2.39. The van der Waals surface area contributed by atoms with Crippen molar-refractivity contribution >= 4 is 35.0 Å². The molecule has 2 aromatic carbocycles. The van der Waals surface area contributed by atoms with Gasteiger partial charge in [0, 0.05) is 24.3 Å². The summed E-state index contributed by atoms with van der Waals surface area (Å²) in [5.74, 6) is 4.99. The molecule has 0 aliphatic rings. The molecule has 2 rings (SSSR count). The van der Waals surface area contributed by atoms with Crippen molar-refractivity contribution in [3.63, 3.8) is 0 Å². The van der Waals surface area contributed by atoms with Crippen molar-refractivity contribution < 1.29 is 9.59 Å². The molecule has 172 valence electrons. The molecule has 0 radical (unpaired) electrons. The van der Waals surface area contributed by atoms with Gasteiger partial charge in [0.2, 0.25) is 0 Å². The molecule has 1 atom stereocenters. The fraction of sp³-hybridized carbons (Fsp3) is 0.273. The van der Waals surface area contributed by atoms with Crippen LogP contribution in [0.15, 0.2) is 54.4 Å². The number of nitrogens with two attached hydrogens (primary N) is 3. The molecule has 0 bridgehead atoms. The van der Waals surface area contributed by atoms with E-state index in [1.165, 1.54) is 22.8 Å². The molecule has 2 aromatic rings. The summed E-state index contributed by atoms with van der Waals surface area (Å²) < 4.78 is 0. The summed E-state index contributed by atoms with van der Waals surface area (Å²) in [5, 5.41) is 7.38. The molecule has 0 aromatic heterocycles. The SMILES string of the molecule is CCc1ccc(C(CN)NC(=O)/C(N)=C/N(N)CCNC(=O)c2cc(Cl)ccc2Cl)cc1. The van der Waals surface area contributed by atoms with Crippen LogP contribution in [0.2, 0.25) is 10.0 Å². The number of rotatable bonds is 10. The van der Waals surface area contributed by atoms with Crippen LogP contribution in [0, 0.1) is 0 Å². The maximum Gasteiger partial charge on any atom is 0.269 e. The van der Waals surface area contributed by atoms with Gasteiger partial charge in [-0.25, -0.2) is 5.84 Å². The summed E-state index contributed by atoms with van der Waals surface area (Å²) in [4.78, 5) is 24.7. The van der Waals surface area contributed by atoms with Gasteiger partial charge in [0.15, 0.2) is 0 Å². The zero-order chi connectivity index (χ0) is 23.7. The number of nitrogens with one attached hydrogen (secondary N) is 2. The number of nitrogens with zero attached hydrogens (tertiary/aromatic N) is 1. The normalized spacial score (nSPS) is 12.2. The number of halogens is 2. The van der Waals surface area contributed by atoms with Crippen molar-refractivity contribution in [1.82, 2.24) is 15.6 Å². The number of hydrazine groups is 1. The number of carbonyl (C=O) groups excluding carboxylic acids is 2. The van der Waals surface area contributed by atoms with Gasteiger partial charge in [-0.2, -0.15) is 0 Å². The molecule has 0 spiro atoms. The van der Waals surface area contributed by atoms with Crippen LogP contribution in [0.5, 0.6) is 0 Å². The lowest BCUT2D eigenvalue weighted by molar-refractivity contribution is -0.118. The molecule has 8 N–H and O–H groups in total. The van der Waals surface area contributed by atoms with Crippen LogP contribution in [0.1, 0.15) is 34.5 Å². The molecule has 0 saturated carbocycles. The van der Waals surface area contributed by atoms with E-state index in [0.29, 0.717) is 5.02 Å². The molecule has 1 unspecified atom stereocenters. The van der Waals surface area contributed by atoms with E-state index in [2.05, 4.69) is 17.6 Å². The van der Waals surface area contributed by atoms with Crippen LogP contribution >= 0.6 is 23.2 Å². The molecule has 0 aliphatic carbocycles. The Bertz CT molecular complexity index is 965. The maximum atomic E-state index is 12.4. The van der Waals surface area contributed by atoms with E-state index >= 15 is 0 Å². The smallest absolute Gasteiger partial charge is 0.269 e. The van der Waals surface area contributed by atoms with Crippen LogP contribution in [-0.4, -0.2) is 36.5 Å². The quantitative estimate of drug-likeness (QED) is 0.201. The van der Waals surface area contributed by atoms with Crippen molar-refractivity contribution in [1.29, 1.82) is 0 Å². The highest BCUT2D eigenvalue weighted by molar-refractivity contribution is 6.35. The topological polar surface area (TPSA) is 140 Å². The van der Waals surface area contributed by atoms with Gasteiger partial charge in [0.05, 0.1) is 23.2 Å². The third kappa shape index (κ3) is 7.42. The Morgan fingerprint density at radius 1 is 1.16 bits per heavy atom. The van der Waals surface area contributed by atoms with E-state index in [1.54, 1.807) is 12.1 Å². The number of aryl methyl sites for hydroxylation is 1. The van der Waals surface area contributed by atoms with E-state index in [0.717, 1.165) is 12.0 Å². The Hall–Kier alpha value is -2.78. The Balaban J connectivity index is 1.88. The summed E-state index contributed by atoms with van der Waals surface area (Å²) in [5.41, 5.74) is 13.9. The highest BCUT2D eigenvalue weighted by Gasteiger charge is 2.15. The molecular formula is C22H28Cl2N6O2. The first kappa shape index (κ1) is 25.5. The van der Waals surface area contributed by atoms with Gasteiger partial charge in [-0.05, 0) is 35.7 Å². The largest absolute Gasteiger partial charge is 0.393 e. The summed E-state index contributed by atoms with van der Waals surface area (Å²) in [6.45, 7) is 2.68. The molecule has 32 heavy (non-hydrogen) atoms. The van der Waals surface area contributed by atoms with E-state index < -0.39 is 5.91 Å². The number of hydrogen-bond acceptors (Lipinski definition) is 6. The second-order valence-corrected chi connectivity index (χ2v) is 7.90. The fourth-order valence-corrected chi connectivity index (χ4v) is 3.25. The minimum Gasteiger partial charge on any atom is -0.393 e. The Kier molecular flexibility index (Phi) is 9.80. The maximum absolute atomic E-state index is 12.4. The van der Waals surface area contributed by atoms with Gasteiger partial charge in [-0.1, -0.05) is 54.4 Å². The van der Waals surface area contributed by atoms with Crippen LogP contribution in [0.3, 0.4) is 0 Å².